The summed E-state index contributed by atoms with van der Waals surface area (Å²) in [5, 5.41) is 2.55. The van der Waals surface area contributed by atoms with Crippen molar-refractivity contribution in [1.82, 2.24) is 9.80 Å². The van der Waals surface area contributed by atoms with Crippen LogP contribution < -0.4 is 9.47 Å². The number of rotatable bonds is 9. The van der Waals surface area contributed by atoms with E-state index in [0.717, 1.165) is 18.4 Å². The summed E-state index contributed by atoms with van der Waals surface area (Å²) >= 11 is 7.83. The quantitative estimate of drug-likeness (QED) is 0.350. The van der Waals surface area contributed by atoms with Gasteiger partial charge < -0.3 is 19.3 Å². The first-order valence-corrected chi connectivity index (χ1v) is 13.4. The van der Waals surface area contributed by atoms with Crippen molar-refractivity contribution < 1.29 is 19.1 Å². The molecule has 1 aliphatic heterocycles. The summed E-state index contributed by atoms with van der Waals surface area (Å²) in [5.74, 6) is 0.977. The van der Waals surface area contributed by atoms with Crippen molar-refractivity contribution in [2.75, 3.05) is 26.8 Å². The Bertz CT molecular complexity index is 1210. The summed E-state index contributed by atoms with van der Waals surface area (Å²) in [7, 11) is 1.61. The van der Waals surface area contributed by atoms with Crippen molar-refractivity contribution in [2.45, 2.75) is 38.8 Å². The minimum atomic E-state index is -0.252. The Morgan fingerprint density at radius 3 is 2.67 bits per heavy atom. The van der Waals surface area contributed by atoms with Crippen LogP contribution in [0, 0.1) is 0 Å². The fourth-order valence-electron chi connectivity index (χ4n) is 4.45. The SMILES string of the molecule is CC[C@@H](C)N(CC(=O)N1CCc2sccc2[C@@H]1COc1ccccc1OC)C(=O)c1cccc(Cl)c1. The number of carbonyl (C=O) groups excluding carboxylic acids is 2. The van der Waals surface area contributed by atoms with Crippen molar-refractivity contribution in [2.24, 2.45) is 0 Å². The second-order valence-corrected chi connectivity index (χ2v) is 10.3. The number of amides is 2. The van der Waals surface area contributed by atoms with E-state index >= 15 is 0 Å². The minimum absolute atomic E-state index is 0.00895. The van der Waals surface area contributed by atoms with Crippen LogP contribution >= 0.6 is 22.9 Å². The van der Waals surface area contributed by atoms with E-state index in [2.05, 4.69) is 11.4 Å². The summed E-state index contributed by atoms with van der Waals surface area (Å²) in [6.45, 7) is 4.83. The van der Waals surface area contributed by atoms with Gasteiger partial charge in [0, 0.05) is 28.0 Å². The van der Waals surface area contributed by atoms with E-state index in [4.69, 9.17) is 21.1 Å². The smallest absolute Gasteiger partial charge is 0.254 e. The number of para-hydroxylation sites is 2. The van der Waals surface area contributed by atoms with Crippen molar-refractivity contribution in [1.29, 1.82) is 0 Å². The fraction of sp³-hybridized carbons (Fsp3) is 0.357. The summed E-state index contributed by atoms with van der Waals surface area (Å²) in [4.78, 5) is 31.9. The normalized spacial score (nSPS) is 15.7. The number of carbonyl (C=O) groups is 2. The van der Waals surface area contributed by atoms with Gasteiger partial charge in [-0.25, -0.2) is 0 Å². The number of ether oxygens (including phenoxy) is 2. The van der Waals surface area contributed by atoms with E-state index in [1.807, 2.05) is 43.0 Å². The lowest BCUT2D eigenvalue weighted by molar-refractivity contribution is -0.136. The molecule has 190 valence electrons. The van der Waals surface area contributed by atoms with Crippen LogP contribution in [0.1, 0.15) is 47.1 Å². The molecule has 0 bridgehead atoms. The van der Waals surface area contributed by atoms with Crippen LogP contribution in [-0.4, -0.2) is 54.5 Å². The standard InChI is InChI=1S/C28H31ClN2O4S/c1-4-19(2)31(28(33)20-8-7-9-21(29)16-20)17-27(32)30-14-12-26-22(13-15-36-26)23(30)18-35-25-11-6-5-10-24(25)34-3/h5-11,13,15-16,19,23H,4,12,14,17-18H2,1-3H3/t19-,23+/m1/s1. The molecule has 0 saturated heterocycles. The van der Waals surface area contributed by atoms with E-state index in [1.54, 1.807) is 47.6 Å². The summed E-state index contributed by atoms with van der Waals surface area (Å²) in [6, 6.07) is 16.1. The van der Waals surface area contributed by atoms with E-state index < -0.39 is 0 Å². The predicted molar refractivity (Wildman–Crippen MR) is 143 cm³/mol. The molecular formula is C28H31ClN2O4S. The number of benzene rings is 2. The molecule has 2 heterocycles. The fourth-order valence-corrected chi connectivity index (χ4v) is 5.57. The molecule has 2 atom stereocenters. The zero-order valence-corrected chi connectivity index (χ0v) is 22.3. The second-order valence-electron chi connectivity index (χ2n) is 8.81. The third-order valence-electron chi connectivity index (χ3n) is 6.64. The molecule has 2 amide bonds. The highest BCUT2D eigenvalue weighted by Crippen LogP contribution is 2.35. The van der Waals surface area contributed by atoms with Crippen molar-refractivity contribution in [3.63, 3.8) is 0 Å². The molecule has 2 aromatic carbocycles. The number of thiophene rings is 1. The average Bonchev–Trinajstić information content (AvgIpc) is 3.38. The zero-order chi connectivity index (χ0) is 25.7. The molecule has 0 radical (unpaired) electrons. The van der Waals surface area contributed by atoms with Crippen LogP contribution in [0.4, 0.5) is 0 Å². The van der Waals surface area contributed by atoms with Crippen LogP contribution in [0.2, 0.25) is 5.02 Å². The highest BCUT2D eigenvalue weighted by atomic mass is 35.5. The number of hydrogen-bond acceptors (Lipinski definition) is 5. The number of halogens is 1. The molecule has 8 heteroatoms. The Morgan fingerprint density at radius 1 is 1.17 bits per heavy atom. The third-order valence-corrected chi connectivity index (χ3v) is 7.87. The Hall–Kier alpha value is -3.03. The van der Waals surface area contributed by atoms with Gasteiger partial charge in [0.25, 0.3) is 5.91 Å². The largest absolute Gasteiger partial charge is 0.493 e. The Balaban J connectivity index is 1.56. The number of fused-ring (bicyclic) bond motifs is 1. The molecule has 6 nitrogen and oxygen atoms in total. The first-order chi connectivity index (χ1) is 17.4. The van der Waals surface area contributed by atoms with Crippen LogP contribution in [0.25, 0.3) is 0 Å². The summed E-state index contributed by atoms with van der Waals surface area (Å²) in [5.41, 5.74) is 1.58. The first-order valence-electron chi connectivity index (χ1n) is 12.1. The summed E-state index contributed by atoms with van der Waals surface area (Å²) < 4.78 is 11.6. The van der Waals surface area contributed by atoms with Crippen LogP contribution in [0.3, 0.4) is 0 Å². The molecule has 0 unspecified atom stereocenters. The monoisotopic (exact) mass is 526 g/mol. The van der Waals surface area contributed by atoms with Crippen LogP contribution in [-0.2, 0) is 11.2 Å². The number of hydrogen-bond donors (Lipinski definition) is 0. The van der Waals surface area contributed by atoms with Gasteiger partial charge in [-0.1, -0.05) is 36.7 Å². The van der Waals surface area contributed by atoms with Gasteiger partial charge in [-0.3, -0.25) is 9.59 Å². The van der Waals surface area contributed by atoms with Gasteiger partial charge in [0.2, 0.25) is 5.91 Å². The Labute approximate surface area is 221 Å². The maximum absolute atomic E-state index is 13.7. The minimum Gasteiger partial charge on any atom is -0.493 e. The van der Waals surface area contributed by atoms with Gasteiger partial charge in [0.1, 0.15) is 13.2 Å². The molecule has 36 heavy (non-hydrogen) atoms. The lowest BCUT2D eigenvalue weighted by Crippen LogP contribution is -2.49. The Kier molecular flexibility index (Phi) is 8.54. The number of nitrogens with zero attached hydrogens (tertiary/aromatic N) is 2. The maximum atomic E-state index is 13.7. The lowest BCUT2D eigenvalue weighted by Gasteiger charge is -2.38. The first kappa shape index (κ1) is 26.0. The van der Waals surface area contributed by atoms with E-state index in [9.17, 15) is 9.59 Å². The van der Waals surface area contributed by atoms with Crippen molar-refractivity contribution in [3.05, 3.63) is 81.0 Å². The zero-order valence-electron chi connectivity index (χ0n) is 20.8. The van der Waals surface area contributed by atoms with E-state index in [1.165, 1.54) is 4.88 Å². The van der Waals surface area contributed by atoms with Crippen molar-refractivity contribution in [3.8, 4) is 11.5 Å². The predicted octanol–water partition coefficient (Wildman–Crippen LogP) is 5.86. The lowest BCUT2D eigenvalue weighted by atomic mass is 10.00. The highest BCUT2D eigenvalue weighted by molar-refractivity contribution is 7.10. The molecule has 0 spiro atoms. The van der Waals surface area contributed by atoms with E-state index in [-0.39, 0.29) is 30.4 Å². The van der Waals surface area contributed by atoms with Crippen LogP contribution in [0.15, 0.2) is 60.0 Å². The maximum Gasteiger partial charge on any atom is 0.254 e. The molecule has 0 N–H and O–H groups in total. The van der Waals surface area contributed by atoms with Crippen LogP contribution in [0.5, 0.6) is 11.5 Å². The number of methoxy groups -OCH3 is 1. The van der Waals surface area contributed by atoms with Crippen molar-refractivity contribution >= 4 is 34.8 Å². The second kappa shape index (κ2) is 11.8. The molecular weight excluding hydrogens is 496 g/mol. The van der Waals surface area contributed by atoms with Gasteiger partial charge in [-0.15, -0.1) is 11.3 Å². The van der Waals surface area contributed by atoms with Gasteiger partial charge in [-0.05, 0) is 67.1 Å². The van der Waals surface area contributed by atoms with Gasteiger partial charge in [0.15, 0.2) is 11.5 Å². The third kappa shape index (κ3) is 5.68. The molecule has 1 aromatic heterocycles. The average molecular weight is 527 g/mol. The van der Waals surface area contributed by atoms with Gasteiger partial charge in [0.05, 0.1) is 13.2 Å². The van der Waals surface area contributed by atoms with E-state index in [0.29, 0.717) is 35.2 Å². The molecule has 0 saturated carbocycles. The molecule has 0 aliphatic carbocycles. The molecule has 1 aliphatic rings. The summed E-state index contributed by atoms with van der Waals surface area (Å²) in [6.07, 6.45) is 1.52. The molecule has 0 fully saturated rings. The highest BCUT2D eigenvalue weighted by Gasteiger charge is 2.34. The molecule has 4 rings (SSSR count). The van der Waals surface area contributed by atoms with Gasteiger partial charge in [-0.2, -0.15) is 0 Å². The van der Waals surface area contributed by atoms with Gasteiger partial charge >= 0.3 is 0 Å². The molecule has 3 aromatic rings. The Morgan fingerprint density at radius 2 is 1.94 bits per heavy atom. The topological polar surface area (TPSA) is 59.1 Å².